The first kappa shape index (κ1) is 11.6. The highest BCUT2D eigenvalue weighted by molar-refractivity contribution is 5.21. The summed E-state index contributed by atoms with van der Waals surface area (Å²) in [5.41, 5.74) is 2.63. The van der Waals surface area contributed by atoms with Crippen molar-refractivity contribution in [2.75, 3.05) is 6.54 Å². The molecule has 2 nitrogen and oxygen atoms in total. The van der Waals surface area contributed by atoms with E-state index in [-0.39, 0.29) is 6.10 Å². The van der Waals surface area contributed by atoms with Crippen LogP contribution in [0.3, 0.4) is 0 Å². The lowest BCUT2D eigenvalue weighted by molar-refractivity contribution is 0.131. The number of aliphatic hydroxyl groups excluding tert-OH is 1. The number of hydrogen-bond acceptors (Lipinski definition) is 2. The number of aryl methyl sites for hydroxylation is 1. The molecule has 2 N–H and O–H groups in total. The Kier molecular flexibility index (Phi) is 3.97. The van der Waals surface area contributed by atoms with Gasteiger partial charge in [-0.2, -0.15) is 0 Å². The van der Waals surface area contributed by atoms with Crippen molar-refractivity contribution in [2.45, 2.75) is 38.8 Å². The van der Waals surface area contributed by atoms with E-state index in [1.54, 1.807) is 0 Å². The van der Waals surface area contributed by atoms with E-state index in [2.05, 4.69) is 36.5 Å². The normalized spacial score (nSPS) is 24.9. The molecule has 0 bridgehead atoms. The topological polar surface area (TPSA) is 32.3 Å². The van der Waals surface area contributed by atoms with Crippen LogP contribution in [0.5, 0.6) is 0 Å². The first-order chi connectivity index (χ1) is 7.75. The summed E-state index contributed by atoms with van der Waals surface area (Å²) < 4.78 is 0. The van der Waals surface area contributed by atoms with Crippen LogP contribution in [0.4, 0.5) is 0 Å². The van der Waals surface area contributed by atoms with Gasteiger partial charge in [0.1, 0.15) is 0 Å². The minimum atomic E-state index is -0.0787. The third kappa shape index (κ3) is 3.06. The standard InChI is InChI=1S/C14H21NO/c1-11-4-2-5-12(8-11)9-15-10-13-6-3-7-14(13)16/h2,4-5,8,13-16H,3,6-7,9-10H2,1H3. The Morgan fingerprint density at radius 1 is 1.38 bits per heavy atom. The highest BCUT2D eigenvalue weighted by Gasteiger charge is 2.24. The Bertz CT molecular complexity index is 337. The lowest BCUT2D eigenvalue weighted by Gasteiger charge is -2.15. The molecule has 16 heavy (non-hydrogen) atoms. The molecule has 1 saturated carbocycles. The average Bonchev–Trinajstić information content (AvgIpc) is 2.65. The van der Waals surface area contributed by atoms with Gasteiger partial charge in [-0.15, -0.1) is 0 Å². The van der Waals surface area contributed by atoms with Gasteiger partial charge in [0.25, 0.3) is 0 Å². The molecule has 2 unspecified atom stereocenters. The van der Waals surface area contributed by atoms with Crippen molar-refractivity contribution in [3.63, 3.8) is 0 Å². The molecule has 0 saturated heterocycles. The molecule has 0 aliphatic heterocycles. The zero-order valence-corrected chi connectivity index (χ0v) is 9.95. The Morgan fingerprint density at radius 3 is 2.94 bits per heavy atom. The number of benzene rings is 1. The summed E-state index contributed by atoms with van der Waals surface area (Å²) in [5, 5.41) is 13.1. The molecular weight excluding hydrogens is 198 g/mol. The maximum atomic E-state index is 9.69. The van der Waals surface area contributed by atoms with Crippen molar-refractivity contribution in [3.05, 3.63) is 35.4 Å². The van der Waals surface area contributed by atoms with Crippen LogP contribution in [0.2, 0.25) is 0 Å². The van der Waals surface area contributed by atoms with E-state index in [0.29, 0.717) is 5.92 Å². The molecule has 88 valence electrons. The van der Waals surface area contributed by atoms with E-state index in [1.165, 1.54) is 24.0 Å². The van der Waals surface area contributed by atoms with Crippen LogP contribution in [0.1, 0.15) is 30.4 Å². The Morgan fingerprint density at radius 2 is 2.25 bits per heavy atom. The fourth-order valence-corrected chi connectivity index (χ4v) is 2.48. The largest absolute Gasteiger partial charge is 0.393 e. The van der Waals surface area contributed by atoms with Gasteiger partial charge in [0.05, 0.1) is 6.10 Å². The Hall–Kier alpha value is -0.860. The third-order valence-corrected chi connectivity index (χ3v) is 3.44. The number of rotatable bonds is 4. The zero-order chi connectivity index (χ0) is 11.4. The Labute approximate surface area is 97.7 Å². The van der Waals surface area contributed by atoms with E-state index in [0.717, 1.165) is 19.5 Å². The second-order valence-electron chi connectivity index (χ2n) is 4.88. The van der Waals surface area contributed by atoms with Gasteiger partial charge in [0, 0.05) is 13.1 Å². The fraction of sp³-hybridized carbons (Fsp3) is 0.571. The quantitative estimate of drug-likeness (QED) is 0.814. The summed E-state index contributed by atoms with van der Waals surface area (Å²) in [4.78, 5) is 0. The molecule has 0 spiro atoms. The molecule has 0 aromatic heterocycles. The molecule has 0 heterocycles. The number of hydrogen-bond donors (Lipinski definition) is 2. The molecular formula is C14H21NO. The SMILES string of the molecule is Cc1cccc(CNCC2CCCC2O)c1. The highest BCUT2D eigenvalue weighted by atomic mass is 16.3. The summed E-state index contributed by atoms with van der Waals surface area (Å²) >= 11 is 0. The van der Waals surface area contributed by atoms with Crippen molar-refractivity contribution >= 4 is 0 Å². The second kappa shape index (κ2) is 5.46. The summed E-state index contributed by atoms with van der Waals surface area (Å²) in [6.07, 6.45) is 3.25. The van der Waals surface area contributed by atoms with E-state index in [9.17, 15) is 5.11 Å². The number of aliphatic hydroxyl groups is 1. The molecule has 2 heteroatoms. The van der Waals surface area contributed by atoms with Crippen molar-refractivity contribution in [3.8, 4) is 0 Å². The maximum absolute atomic E-state index is 9.69. The number of nitrogens with one attached hydrogen (secondary N) is 1. The van der Waals surface area contributed by atoms with Gasteiger partial charge in [-0.3, -0.25) is 0 Å². The summed E-state index contributed by atoms with van der Waals surface area (Å²) in [5.74, 6) is 0.463. The van der Waals surface area contributed by atoms with E-state index in [4.69, 9.17) is 0 Å². The van der Waals surface area contributed by atoms with Crippen molar-refractivity contribution < 1.29 is 5.11 Å². The van der Waals surface area contributed by atoms with Gasteiger partial charge < -0.3 is 10.4 Å². The van der Waals surface area contributed by atoms with Gasteiger partial charge in [-0.25, -0.2) is 0 Å². The van der Waals surface area contributed by atoms with Crippen molar-refractivity contribution in [2.24, 2.45) is 5.92 Å². The van der Waals surface area contributed by atoms with Crippen LogP contribution < -0.4 is 5.32 Å². The first-order valence-electron chi connectivity index (χ1n) is 6.20. The smallest absolute Gasteiger partial charge is 0.0580 e. The average molecular weight is 219 g/mol. The summed E-state index contributed by atoms with van der Waals surface area (Å²) in [6.45, 7) is 3.96. The van der Waals surface area contributed by atoms with E-state index in [1.807, 2.05) is 0 Å². The van der Waals surface area contributed by atoms with Crippen LogP contribution in [0.25, 0.3) is 0 Å². The van der Waals surface area contributed by atoms with Crippen LogP contribution in [-0.4, -0.2) is 17.8 Å². The maximum Gasteiger partial charge on any atom is 0.0580 e. The fourth-order valence-electron chi connectivity index (χ4n) is 2.48. The van der Waals surface area contributed by atoms with Gasteiger partial charge in [0.15, 0.2) is 0 Å². The second-order valence-corrected chi connectivity index (χ2v) is 4.88. The molecule has 1 aromatic carbocycles. The van der Waals surface area contributed by atoms with Crippen molar-refractivity contribution in [1.29, 1.82) is 0 Å². The van der Waals surface area contributed by atoms with Gasteiger partial charge >= 0.3 is 0 Å². The zero-order valence-electron chi connectivity index (χ0n) is 9.95. The predicted octanol–water partition coefficient (Wildman–Crippen LogP) is 2.25. The minimum absolute atomic E-state index is 0.0787. The predicted molar refractivity (Wildman–Crippen MR) is 66.2 cm³/mol. The summed E-state index contributed by atoms with van der Waals surface area (Å²) in [6, 6.07) is 8.56. The minimum Gasteiger partial charge on any atom is -0.393 e. The van der Waals surface area contributed by atoms with Gasteiger partial charge in [0.2, 0.25) is 0 Å². The van der Waals surface area contributed by atoms with Crippen LogP contribution in [-0.2, 0) is 6.54 Å². The molecule has 1 aromatic rings. The van der Waals surface area contributed by atoms with Gasteiger partial charge in [-0.05, 0) is 31.2 Å². The lowest BCUT2D eigenvalue weighted by Crippen LogP contribution is -2.27. The van der Waals surface area contributed by atoms with E-state index >= 15 is 0 Å². The monoisotopic (exact) mass is 219 g/mol. The third-order valence-electron chi connectivity index (χ3n) is 3.44. The highest BCUT2D eigenvalue weighted by Crippen LogP contribution is 2.24. The first-order valence-corrected chi connectivity index (χ1v) is 6.20. The molecule has 1 fully saturated rings. The van der Waals surface area contributed by atoms with Crippen LogP contribution in [0.15, 0.2) is 24.3 Å². The molecule has 2 atom stereocenters. The van der Waals surface area contributed by atoms with Gasteiger partial charge in [-0.1, -0.05) is 36.2 Å². The Balaban J connectivity index is 1.75. The molecule has 1 aliphatic rings. The molecule has 0 radical (unpaired) electrons. The molecule has 1 aliphatic carbocycles. The van der Waals surface area contributed by atoms with Crippen LogP contribution >= 0.6 is 0 Å². The van der Waals surface area contributed by atoms with E-state index < -0.39 is 0 Å². The van der Waals surface area contributed by atoms with Crippen molar-refractivity contribution in [1.82, 2.24) is 5.32 Å². The summed E-state index contributed by atoms with van der Waals surface area (Å²) in [7, 11) is 0. The molecule has 2 rings (SSSR count). The molecule has 0 amide bonds. The van der Waals surface area contributed by atoms with Crippen LogP contribution in [0, 0.1) is 12.8 Å². The lowest BCUT2D eigenvalue weighted by atomic mass is 10.1.